The predicted molar refractivity (Wildman–Crippen MR) is 92.7 cm³/mol. The lowest BCUT2D eigenvalue weighted by Crippen LogP contribution is -2.14. The number of nitrogens with zero attached hydrogens (tertiary/aromatic N) is 1. The molecule has 0 bridgehead atoms. The number of carbonyl (C=O) groups excluding carboxylic acids is 1. The number of amides is 1. The van der Waals surface area contributed by atoms with E-state index in [0.29, 0.717) is 16.8 Å². The molecule has 5 heteroatoms. The minimum Gasteiger partial charge on any atom is -0.361 e. The summed E-state index contributed by atoms with van der Waals surface area (Å²) in [7, 11) is 0. The van der Waals surface area contributed by atoms with Crippen LogP contribution in [-0.2, 0) is 0 Å². The lowest BCUT2D eigenvalue weighted by molar-refractivity contribution is 0.102. The summed E-state index contributed by atoms with van der Waals surface area (Å²) in [6.45, 7) is 1.75. The summed E-state index contributed by atoms with van der Waals surface area (Å²) < 4.78 is 13.3. The molecule has 0 aliphatic rings. The van der Waals surface area contributed by atoms with E-state index in [2.05, 4.69) is 15.3 Å². The third-order valence-corrected chi connectivity index (χ3v) is 4.06. The third kappa shape index (κ3) is 2.40. The first-order chi connectivity index (χ1) is 11.6. The molecular weight excluding hydrogens is 305 g/mol. The van der Waals surface area contributed by atoms with E-state index in [9.17, 15) is 9.18 Å². The molecule has 0 fully saturated rings. The molecule has 2 N–H and O–H groups in total. The van der Waals surface area contributed by atoms with E-state index in [-0.39, 0.29) is 11.7 Å². The number of nitrogens with one attached hydrogen (secondary N) is 2. The molecule has 0 radical (unpaired) electrons. The fourth-order valence-corrected chi connectivity index (χ4v) is 2.85. The summed E-state index contributed by atoms with van der Waals surface area (Å²) >= 11 is 0. The highest BCUT2D eigenvalue weighted by Crippen LogP contribution is 2.24. The Kier molecular flexibility index (Phi) is 3.27. The maximum absolute atomic E-state index is 13.3. The number of aromatic nitrogens is 2. The number of benzene rings is 2. The Morgan fingerprint density at radius 2 is 2.04 bits per heavy atom. The number of fused-ring (bicyclic) bond motifs is 2. The van der Waals surface area contributed by atoms with Gasteiger partial charge in [0.05, 0.1) is 22.5 Å². The van der Waals surface area contributed by atoms with Crippen LogP contribution in [0.15, 0.2) is 54.7 Å². The summed E-state index contributed by atoms with van der Waals surface area (Å²) in [4.78, 5) is 20.1. The van der Waals surface area contributed by atoms with E-state index in [1.54, 1.807) is 19.1 Å². The number of anilines is 1. The van der Waals surface area contributed by atoms with Gasteiger partial charge >= 0.3 is 0 Å². The highest BCUT2D eigenvalue weighted by Gasteiger charge is 2.13. The van der Waals surface area contributed by atoms with Crippen molar-refractivity contribution in [2.24, 2.45) is 0 Å². The zero-order valence-corrected chi connectivity index (χ0v) is 12.9. The van der Waals surface area contributed by atoms with Crippen LogP contribution in [0.5, 0.6) is 0 Å². The van der Waals surface area contributed by atoms with Gasteiger partial charge in [0.25, 0.3) is 5.91 Å². The van der Waals surface area contributed by atoms with Crippen molar-refractivity contribution in [1.82, 2.24) is 9.97 Å². The summed E-state index contributed by atoms with van der Waals surface area (Å²) in [5.74, 6) is -0.578. The van der Waals surface area contributed by atoms with Crippen molar-refractivity contribution < 1.29 is 9.18 Å². The quantitative estimate of drug-likeness (QED) is 0.575. The van der Waals surface area contributed by atoms with Crippen molar-refractivity contribution >= 4 is 33.4 Å². The standard InChI is InChI=1S/C19H14FN3O/c1-11-15(9-12-5-6-13(20)10-18(12)22-11)19(24)23-17-4-2-3-16-14(17)7-8-21-16/h2-10,21H,1H3,(H,23,24). The fourth-order valence-electron chi connectivity index (χ4n) is 2.85. The van der Waals surface area contributed by atoms with Gasteiger partial charge in [0.15, 0.2) is 0 Å². The van der Waals surface area contributed by atoms with Gasteiger partial charge in [-0.1, -0.05) is 6.07 Å². The van der Waals surface area contributed by atoms with Crippen molar-refractivity contribution in [3.05, 3.63) is 71.8 Å². The molecule has 24 heavy (non-hydrogen) atoms. The van der Waals surface area contributed by atoms with Gasteiger partial charge < -0.3 is 10.3 Å². The number of H-pyrrole nitrogens is 1. The van der Waals surface area contributed by atoms with Gasteiger partial charge in [-0.15, -0.1) is 0 Å². The van der Waals surface area contributed by atoms with E-state index in [1.807, 2.05) is 30.5 Å². The van der Waals surface area contributed by atoms with Crippen molar-refractivity contribution in [1.29, 1.82) is 0 Å². The Balaban J connectivity index is 1.74. The zero-order valence-electron chi connectivity index (χ0n) is 12.9. The third-order valence-electron chi connectivity index (χ3n) is 4.06. The predicted octanol–water partition coefficient (Wildman–Crippen LogP) is 4.42. The molecule has 0 saturated carbocycles. The molecule has 2 aromatic carbocycles. The molecule has 2 heterocycles. The fraction of sp³-hybridized carbons (Fsp3) is 0.0526. The molecule has 0 spiro atoms. The van der Waals surface area contributed by atoms with Gasteiger partial charge in [-0.25, -0.2) is 4.39 Å². The first-order valence-corrected chi connectivity index (χ1v) is 7.56. The van der Waals surface area contributed by atoms with Gasteiger partial charge in [-0.2, -0.15) is 0 Å². The van der Waals surface area contributed by atoms with E-state index in [4.69, 9.17) is 0 Å². The summed E-state index contributed by atoms with van der Waals surface area (Å²) in [5.41, 5.74) is 3.26. The van der Waals surface area contributed by atoms with E-state index < -0.39 is 0 Å². The summed E-state index contributed by atoms with van der Waals surface area (Å²) in [6.07, 6.45) is 1.83. The second kappa shape index (κ2) is 5.45. The van der Waals surface area contributed by atoms with Gasteiger partial charge in [0.2, 0.25) is 0 Å². The Hall–Kier alpha value is -3.21. The van der Waals surface area contributed by atoms with Crippen LogP contribution in [0.3, 0.4) is 0 Å². The maximum Gasteiger partial charge on any atom is 0.257 e. The van der Waals surface area contributed by atoms with Crippen LogP contribution >= 0.6 is 0 Å². The van der Waals surface area contributed by atoms with Crippen LogP contribution in [-0.4, -0.2) is 15.9 Å². The minimum absolute atomic E-state index is 0.236. The number of hydrogen-bond acceptors (Lipinski definition) is 2. The van der Waals surface area contributed by atoms with Gasteiger partial charge in [0.1, 0.15) is 5.82 Å². The molecule has 118 valence electrons. The minimum atomic E-state index is -0.342. The number of aryl methyl sites for hydroxylation is 1. The Morgan fingerprint density at radius 3 is 2.92 bits per heavy atom. The van der Waals surface area contributed by atoms with Gasteiger partial charge in [-0.3, -0.25) is 9.78 Å². The van der Waals surface area contributed by atoms with Crippen molar-refractivity contribution in [2.45, 2.75) is 6.92 Å². The zero-order chi connectivity index (χ0) is 16.7. The Morgan fingerprint density at radius 1 is 1.17 bits per heavy atom. The second-order valence-corrected chi connectivity index (χ2v) is 5.66. The molecule has 0 unspecified atom stereocenters. The van der Waals surface area contributed by atoms with E-state index >= 15 is 0 Å². The van der Waals surface area contributed by atoms with Crippen LogP contribution < -0.4 is 5.32 Å². The molecule has 0 saturated heterocycles. The smallest absolute Gasteiger partial charge is 0.257 e. The van der Waals surface area contributed by atoms with Crippen molar-refractivity contribution in [2.75, 3.05) is 5.32 Å². The molecule has 1 amide bonds. The maximum atomic E-state index is 13.3. The summed E-state index contributed by atoms with van der Waals surface area (Å²) in [6, 6.07) is 13.7. The highest BCUT2D eigenvalue weighted by molar-refractivity contribution is 6.10. The van der Waals surface area contributed by atoms with Crippen LogP contribution in [0, 0.1) is 12.7 Å². The Bertz CT molecular complexity index is 1080. The molecular formula is C19H14FN3O. The van der Waals surface area contributed by atoms with E-state index in [0.717, 1.165) is 22.0 Å². The molecule has 0 aliphatic heterocycles. The highest BCUT2D eigenvalue weighted by atomic mass is 19.1. The molecule has 2 aromatic heterocycles. The second-order valence-electron chi connectivity index (χ2n) is 5.66. The Labute approximate surface area is 137 Å². The number of pyridine rings is 1. The van der Waals surface area contributed by atoms with Crippen molar-refractivity contribution in [3.63, 3.8) is 0 Å². The number of hydrogen-bond donors (Lipinski definition) is 2. The van der Waals surface area contributed by atoms with Gasteiger partial charge in [0, 0.05) is 28.6 Å². The van der Waals surface area contributed by atoms with Crippen molar-refractivity contribution in [3.8, 4) is 0 Å². The SMILES string of the molecule is Cc1nc2cc(F)ccc2cc1C(=O)Nc1cccc2[nH]ccc12. The average Bonchev–Trinajstić information content (AvgIpc) is 3.03. The molecule has 4 nitrogen and oxygen atoms in total. The first-order valence-electron chi connectivity index (χ1n) is 7.56. The van der Waals surface area contributed by atoms with Crippen LogP contribution in [0.1, 0.15) is 16.1 Å². The average molecular weight is 319 g/mol. The first kappa shape index (κ1) is 14.4. The number of rotatable bonds is 2. The normalized spacial score (nSPS) is 11.1. The lowest BCUT2D eigenvalue weighted by atomic mass is 10.1. The lowest BCUT2D eigenvalue weighted by Gasteiger charge is -2.10. The van der Waals surface area contributed by atoms with Gasteiger partial charge in [-0.05, 0) is 43.3 Å². The molecule has 0 atom stereocenters. The van der Waals surface area contributed by atoms with Crippen LogP contribution in [0.25, 0.3) is 21.8 Å². The van der Waals surface area contributed by atoms with Crippen LogP contribution in [0.2, 0.25) is 0 Å². The van der Waals surface area contributed by atoms with Crippen LogP contribution in [0.4, 0.5) is 10.1 Å². The monoisotopic (exact) mass is 319 g/mol. The number of carbonyl (C=O) groups is 1. The van der Waals surface area contributed by atoms with E-state index in [1.165, 1.54) is 12.1 Å². The summed E-state index contributed by atoms with van der Waals surface area (Å²) in [5, 5.41) is 4.60. The molecule has 0 aliphatic carbocycles. The number of halogens is 1. The number of aromatic amines is 1. The molecule has 4 rings (SSSR count). The topological polar surface area (TPSA) is 57.8 Å². The largest absolute Gasteiger partial charge is 0.361 e. The molecule has 4 aromatic rings.